The molecule has 0 radical (unpaired) electrons. The highest BCUT2D eigenvalue weighted by molar-refractivity contribution is 5.75. The van der Waals surface area contributed by atoms with Crippen molar-refractivity contribution in [3.05, 3.63) is 0 Å². The first kappa shape index (κ1) is 48.1. The average Bonchev–Trinajstić information content (AvgIpc) is 3.08. The highest BCUT2D eigenvalue weighted by Crippen LogP contribution is 2.21. The van der Waals surface area contributed by atoms with Crippen LogP contribution in [0.3, 0.4) is 0 Å². The van der Waals surface area contributed by atoms with E-state index in [-0.39, 0.29) is 73.6 Å². The molecule has 10 unspecified atom stereocenters. The van der Waals surface area contributed by atoms with Crippen LogP contribution in [0.4, 0.5) is 0 Å². The molecule has 0 spiro atoms. The van der Waals surface area contributed by atoms with Crippen molar-refractivity contribution in [2.75, 3.05) is 73.2 Å². The Morgan fingerprint density at radius 3 is 0.816 bits per heavy atom. The van der Waals surface area contributed by atoms with Crippen LogP contribution in [0.5, 0.6) is 0 Å². The van der Waals surface area contributed by atoms with Crippen LogP contribution in [-0.2, 0) is 56.9 Å². The molecule has 0 aliphatic rings. The lowest BCUT2D eigenvalue weighted by molar-refractivity contribution is -0.159. The van der Waals surface area contributed by atoms with Gasteiger partial charge >= 0.3 is 5.97 Å². The summed E-state index contributed by atoms with van der Waals surface area (Å²) in [5.41, 5.74) is -0.485. The third-order valence-electron chi connectivity index (χ3n) is 7.83. The number of methoxy groups -OCH3 is 1. The van der Waals surface area contributed by atoms with Gasteiger partial charge in [0.15, 0.2) is 0 Å². The number of rotatable bonds is 32. The molecule has 0 aromatic carbocycles. The first-order valence-corrected chi connectivity index (χ1v) is 18.2. The molecule has 12 nitrogen and oxygen atoms in total. The van der Waals surface area contributed by atoms with E-state index in [2.05, 4.69) is 0 Å². The number of esters is 1. The maximum Gasteiger partial charge on any atom is 0.311 e. The van der Waals surface area contributed by atoms with Crippen LogP contribution in [0.15, 0.2) is 0 Å². The van der Waals surface area contributed by atoms with Gasteiger partial charge in [-0.1, -0.05) is 6.92 Å². The van der Waals surface area contributed by atoms with Gasteiger partial charge in [0.2, 0.25) is 0 Å². The van der Waals surface area contributed by atoms with Gasteiger partial charge in [-0.2, -0.15) is 0 Å². The number of carbonyl (C=O) groups excluding carboxylic acids is 1. The van der Waals surface area contributed by atoms with Crippen molar-refractivity contribution in [1.29, 1.82) is 0 Å². The van der Waals surface area contributed by atoms with E-state index in [0.29, 0.717) is 59.5 Å². The molecule has 0 heterocycles. The minimum atomic E-state index is -0.485. The predicted octanol–water partition coefficient (Wildman–Crippen LogP) is 5.65. The lowest BCUT2D eigenvalue weighted by atomic mass is 9.91. The molecule has 0 aliphatic heterocycles. The molecule has 0 fully saturated rings. The predicted molar refractivity (Wildman–Crippen MR) is 190 cm³/mol. The third-order valence-corrected chi connectivity index (χ3v) is 7.83. The molecule has 12 heteroatoms. The Kier molecular flexibility index (Phi) is 27.2. The molecule has 0 saturated carbocycles. The fourth-order valence-electron chi connectivity index (χ4n) is 3.73. The Labute approximate surface area is 298 Å². The standard InChI is InChI=1S/C37H74O12/c1-15-37(12,13)36(38)49-25-35(11)48-24-34(10)47-23-33(9)46-22-32(8)45-21-31(7)44-20-30(6)43-19-29(5)42-18-28(4)41-17-27(3)40-16-26(2)39-14/h26-35H,15-25H2,1-14H3. The molecule has 0 amide bonds. The van der Waals surface area contributed by atoms with Crippen molar-refractivity contribution in [2.45, 2.75) is 157 Å². The first-order chi connectivity index (χ1) is 23.0. The number of hydrogen-bond acceptors (Lipinski definition) is 12. The molecule has 0 aromatic rings. The van der Waals surface area contributed by atoms with Gasteiger partial charge < -0.3 is 52.1 Å². The van der Waals surface area contributed by atoms with Crippen LogP contribution >= 0.6 is 0 Å². The Morgan fingerprint density at radius 2 is 0.612 bits per heavy atom. The molecule has 49 heavy (non-hydrogen) atoms. The molecule has 0 bridgehead atoms. The second kappa shape index (κ2) is 27.7. The van der Waals surface area contributed by atoms with Crippen LogP contribution in [0.25, 0.3) is 0 Å². The summed E-state index contributed by atoms with van der Waals surface area (Å²) in [6, 6.07) is 0. The average molecular weight is 711 g/mol. The maximum atomic E-state index is 12.1. The zero-order chi connectivity index (χ0) is 37.4. The largest absolute Gasteiger partial charge is 0.463 e. The lowest BCUT2D eigenvalue weighted by Crippen LogP contribution is -2.31. The fourth-order valence-corrected chi connectivity index (χ4v) is 3.73. The Balaban J connectivity index is 3.97. The summed E-state index contributed by atoms with van der Waals surface area (Å²) in [7, 11) is 1.67. The van der Waals surface area contributed by atoms with Gasteiger partial charge in [-0.3, -0.25) is 4.79 Å². The van der Waals surface area contributed by atoms with E-state index in [1.54, 1.807) is 7.11 Å². The van der Waals surface area contributed by atoms with E-state index < -0.39 is 5.41 Å². The van der Waals surface area contributed by atoms with E-state index in [9.17, 15) is 4.79 Å². The van der Waals surface area contributed by atoms with Gasteiger partial charge in [-0.05, 0) is 89.5 Å². The van der Waals surface area contributed by atoms with Crippen molar-refractivity contribution in [1.82, 2.24) is 0 Å². The normalized spacial score (nSPS) is 18.6. The van der Waals surface area contributed by atoms with Crippen molar-refractivity contribution in [2.24, 2.45) is 5.41 Å². The summed E-state index contributed by atoms with van der Waals surface area (Å²) >= 11 is 0. The Bertz CT molecular complexity index is 799. The van der Waals surface area contributed by atoms with E-state index in [4.69, 9.17) is 52.1 Å². The molecule has 10 atom stereocenters. The summed E-state index contributed by atoms with van der Waals surface area (Å²) in [6.07, 6.45) is -0.0403. The summed E-state index contributed by atoms with van der Waals surface area (Å²) in [6.45, 7) is 29.8. The van der Waals surface area contributed by atoms with E-state index in [0.717, 1.165) is 6.42 Å². The smallest absolute Gasteiger partial charge is 0.311 e. The Hall–Kier alpha value is -0.930. The van der Waals surface area contributed by atoms with E-state index >= 15 is 0 Å². The van der Waals surface area contributed by atoms with Gasteiger partial charge in [0.25, 0.3) is 0 Å². The maximum absolute atomic E-state index is 12.1. The number of carbonyl (C=O) groups is 1. The zero-order valence-corrected chi connectivity index (χ0v) is 33.5. The fraction of sp³-hybridized carbons (Fsp3) is 0.973. The van der Waals surface area contributed by atoms with Crippen LogP contribution in [0.2, 0.25) is 0 Å². The molecule has 0 N–H and O–H groups in total. The van der Waals surface area contributed by atoms with Gasteiger partial charge in [-0.25, -0.2) is 0 Å². The van der Waals surface area contributed by atoms with Gasteiger partial charge in [0.05, 0.1) is 126 Å². The lowest BCUT2D eigenvalue weighted by Gasteiger charge is -2.24. The summed E-state index contributed by atoms with van der Waals surface area (Å²) in [5, 5.41) is 0. The van der Waals surface area contributed by atoms with Crippen LogP contribution in [0, 0.1) is 5.41 Å². The van der Waals surface area contributed by atoms with Crippen LogP contribution in [0.1, 0.15) is 96.4 Å². The van der Waals surface area contributed by atoms with Crippen LogP contribution in [-0.4, -0.2) is 140 Å². The molecular weight excluding hydrogens is 636 g/mol. The quantitative estimate of drug-likeness (QED) is 0.0804. The van der Waals surface area contributed by atoms with Crippen molar-refractivity contribution >= 4 is 5.97 Å². The molecule has 0 aromatic heterocycles. The summed E-state index contributed by atoms with van der Waals surface area (Å²) in [4.78, 5) is 12.1. The zero-order valence-electron chi connectivity index (χ0n) is 33.5. The highest BCUT2D eigenvalue weighted by Gasteiger charge is 2.27. The topological polar surface area (TPSA) is 119 Å². The van der Waals surface area contributed by atoms with Crippen LogP contribution < -0.4 is 0 Å². The molecule has 294 valence electrons. The third kappa shape index (κ3) is 26.5. The monoisotopic (exact) mass is 711 g/mol. The minimum absolute atomic E-state index is 0.0124. The summed E-state index contributed by atoms with van der Waals surface area (Å²) in [5.74, 6) is -0.206. The number of ether oxygens (including phenoxy) is 11. The summed E-state index contributed by atoms with van der Waals surface area (Å²) < 4.78 is 63.4. The van der Waals surface area contributed by atoms with E-state index in [1.807, 2.05) is 90.0 Å². The SMILES string of the molecule is CCC(C)(C)C(=O)OCC(C)OCC(C)OCC(C)OCC(C)OCC(C)OCC(C)OCC(C)OCC(C)OCC(C)OCC(C)OC. The molecule has 0 rings (SSSR count). The first-order valence-electron chi connectivity index (χ1n) is 18.2. The van der Waals surface area contributed by atoms with Crippen molar-refractivity contribution < 1.29 is 56.9 Å². The van der Waals surface area contributed by atoms with E-state index in [1.165, 1.54) is 0 Å². The molecule has 0 saturated heterocycles. The second-order valence-corrected chi connectivity index (χ2v) is 14.2. The van der Waals surface area contributed by atoms with Gasteiger partial charge in [0.1, 0.15) is 6.61 Å². The van der Waals surface area contributed by atoms with Gasteiger partial charge in [-0.15, -0.1) is 0 Å². The molecule has 0 aliphatic carbocycles. The van der Waals surface area contributed by atoms with Gasteiger partial charge in [0, 0.05) is 7.11 Å². The highest BCUT2D eigenvalue weighted by atomic mass is 16.6. The second-order valence-electron chi connectivity index (χ2n) is 14.2. The number of hydrogen-bond donors (Lipinski definition) is 0. The van der Waals surface area contributed by atoms with Crippen molar-refractivity contribution in [3.8, 4) is 0 Å². The Morgan fingerprint density at radius 1 is 0.408 bits per heavy atom. The molecular formula is C37H74O12. The van der Waals surface area contributed by atoms with Crippen molar-refractivity contribution in [3.63, 3.8) is 0 Å². The minimum Gasteiger partial charge on any atom is -0.463 e.